The van der Waals surface area contributed by atoms with Crippen molar-refractivity contribution in [3.63, 3.8) is 0 Å². The van der Waals surface area contributed by atoms with E-state index in [4.69, 9.17) is 18.4 Å². The number of aliphatic hydroxyl groups is 2. The minimum atomic E-state index is -5.18. The first kappa shape index (κ1) is 53.4. The van der Waals surface area contributed by atoms with Gasteiger partial charge in [0.1, 0.15) is 24.4 Å². The minimum absolute atomic E-state index is 0.0435. The van der Waals surface area contributed by atoms with Gasteiger partial charge in [0.05, 0.1) is 13.0 Å². The maximum atomic E-state index is 13.7. The van der Waals surface area contributed by atoms with Crippen LogP contribution in [0.2, 0.25) is 0 Å². The summed E-state index contributed by atoms with van der Waals surface area (Å²) in [5.41, 5.74) is 3.89. The molecule has 13 nitrogen and oxygen atoms in total. The Bertz CT molecular complexity index is 1870. The van der Waals surface area contributed by atoms with E-state index >= 15 is 0 Å². The van der Waals surface area contributed by atoms with Gasteiger partial charge in [0.2, 0.25) is 5.91 Å². The van der Waals surface area contributed by atoms with E-state index < -0.39 is 71.6 Å². The molecular weight excluding hydrogens is 851 g/mol. The Balaban J connectivity index is 1.30. The average Bonchev–Trinajstić information content (AvgIpc) is 3.29. The number of carbonyl (C=O) groups is 3. The van der Waals surface area contributed by atoms with Crippen molar-refractivity contribution in [1.82, 2.24) is 5.32 Å². The summed E-state index contributed by atoms with van der Waals surface area (Å²) in [6.45, 7) is -0.867. The van der Waals surface area contributed by atoms with Gasteiger partial charge in [-0.25, -0.2) is 4.18 Å². The summed E-state index contributed by atoms with van der Waals surface area (Å²) in [6, 6.07) is 29.3. The van der Waals surface area contributed by atoms with Crippen LogP contribution in [0.4, 0.5) is 0 Å². The molecule has 0 saturated carbocycles. The number of amides is 1. The molecule has 3 aromatic rings. The van der Waals surface area contributed by atoms with Crippen molar-refractivity contribution in [3.05, 3.63) is 108 Å². The summed E-state index contributed by atoms with van der Waals surface area (Å²) in [4.78, 5) is 40.0. The smallest absolute Gasteiger partial charge is 0.397 e. The lowest BCUT2D eigenvalue weighted by molar-refractivity contribution is -0.254. The Labute approximate surface area is 386 Å². The standard InChI is InChI=1S/C51H73NO12S/c53-39-44-49(64-65(58,59)60)50(63-47(56)37-25-8-4-2-6-15-27-41-31-19-12-20-32-41)48(51(57)62-44)52-45(54)38-43(35-23-10-9-16-28-42-33-21-13-22-34-42)61-46(55)36-24-7-3-1-5-14-26-40-29-17-11-18-30-40/h11-13,17-22,29-34,43-44,48-51,53,57H,1-10,14-16,23-28,35-39H2,(H,52,54)(H,58,59,60)/t43?,44-,48-,49-,50-,51?/m1/s1. The van der Waals surface area contributed by atoms with Crippen LogP contribution in [-0.2, 0) is 62.4 Å². The largest absolute Gasteiger partial charge is 0.462 e. The molecule has 0 radical (unpaired) electrons. The van der Waals surface area contributed by atoms with Crippen LogP contribution in [0.3, 0.4) is 0 Å². The molecule has 0 bridgehead atoms. The van der Waals surface area contributed by atoms with Crippen LogP contribution in [0.15, 0.2) is 91.0 Å². The summed E-state index contributed by atoms with van der Waals surface area (Å²) in [5, 5.41) is 23.7. The maximum absolute atomic E-state index is 13.7. The van der Waals surface area contributed by atoms with Crippen molar-refractivity contribution in [1.29, 1.82) is 0 Å². The number of ether oxygens (including phenoxy) is 3. The second-order valence-electron chi connectivity index (χ2n) is 17.3. The number of aliphatic hydroxyl groups excluding tert-OH is 2. The highest BCUT2D eigenvalue weighted by molar-refractivity contribution is 7.80. The topological polar surface area (TPSA) is 195 Å². The average molecular weight is 924 g/mol. The highest BCUT2D eigenvalue weighted by atomic mass is 32.3. The van der Waals surface area contributed by atoms with Crippen LogP contribution in [0.1, 0.15) is 145 Å². The second-order valence-corrected chi connectivity index (χ2v) is 18.3. The Kier molecular flexibility index (Phi) is 25.4. The molecule has 1 saturated heterocycles. The third-order valence-corrected chi connectivity index (χ3v) is 12.3. The lowest BCUT2D eigenvalue weighted by atomic mass is 9.96. The highest BCUT2D eigenvalue weighted by Crippen LogP contribution is 2.28. The molecule has 3 aromatic carbocycles. The molecule has 0 aromatic heterocycles. The number of esters is 2. The molecule has 1 amide bonds. The minimum Gasteiger partial charge on any atom is -0.462 e. The lowest BCUT2D eigenvalue weighted by Gasteiger charge is -2.43. The van der Waals surface area contributed by atoms with E-state index in [2.05, 4.69) is 53.8 Å². The molecule has 1 fully saturated rings. The van der Waals surface area contributed by atoms with E-state index in [1.54, 1.807) is 0 Å². The quantitative estimate of drug-likeness (QED) is 0.0258. The lowest BCUT2D eigenvalue weighted by Crippen LogP contribution is -2.66. The number of aryl methyl sites for hydroxylation is 3. The third-order valence-electron chi connectivity index (χ3n) is 11.8. The zero-order chi connectivity index (χ0) is 46.5. The molecule has 14 heteroatoms. The molecule has 1 heterocycles. The van der Waals surface area contributed by atoms with Crippen LogP contribution in [0, 0.1) is 0 Å². The zero-order valence-electron chi connectivity index (χ0n) is 38.0. The van der Waals surface area contributed by atoms with Crippen molar-refractivity contribution < 1.29 is 56.0 Å². The molecule has 0 spiro atoms. The number of hydrogen-bond acceptors (Lipinski definition) is 11. The van der Waals surface area contributed by atoms with Gasteiger partial charge in [0.15, 0.2) is 12.4 Å². The van der Waals surface area contributed by atoms with Crippen LogP contribution in [-0.4, -0.2) is 84.4 Å². The van der Waals surface area contributed by atoms with Gasteiger partial charge in [-0.3, -0.25) is 18.9 Å². The molecule has 2 unspecified atom stereocenters. The number of nitrogens with one attached hydrogen (secondary N) is 1. The molecule has 4 N–H and O–H groups in total. The van der Waals surface area contributed by atoms with E-state index in [0.717, 1.165) is 103 Å². The molecule has 0 aliphatic carbocycles. The number of carbonyl (C=O) groups excluding carboxylic acids is 3. The van der Waals surface area contributed by atoms with Crippen molar-refractivity contribution in [2.24, 2.45) is 0 Å². The Morgan fingerprint density at radius 3 is 1.49 bits per heavy atom. The second kappa shape index (κ2) is 30.9. The number of hydrogen-bond donors (Lipinski definition) is 4. The molecular formula is C51H73NO12S. The summed E-state index contributed by atoms with van der Waals surface area (Å²) in [6.07, 6.45) is 10.1. The van der Waals surface area contributed by atoms with Gasteiger partial charge in [0.25, 0.3) is 0 Å². The van der Waals surface area contributed by atoms with Crippen molar-refractivity contribution >= 4 is 28.2 Å². The van der Waals surface area contributed by atoms with Gasteiger partial charge in [-0.2, -0.15) is 8.42 Å². The van der Waals surface area contributed by atoms with Crippen LogP contribution >= 0.6 is 0 Å². The van der Waals surface area contributed by atoms with E-state index in [-0.39, 0.29) is 19.3 Å². The summed E-state index contributed by atoms with van der Waals surface area (Å²) in [5.74, 6) is -1.85. The van der Waals surface area contributed by atoms with Gasteiger partial charge in [-0.05, 0) is 80.9 Å². The number of unbranched alkanes of at least 4 members (excludes halogenated alkanes) is 13. The summed E-state index contributed by atoms with van der Waals surface area (Å²) < 4.78 is 55.3. The van der Waals surface area contributed by atoms with Crippen LogP contribution in [0.5, 0.6) is 0 Å². The van der Waals surface area contributed by atoms with E-state index in [1.165, 1.54) is 16.7 Å². The van der Waals surface area contributed by atoms with E-state index in [0.29, 0.717) is 25.7 Å². The monoisotopic (exact) mass is 923 g/mol. The zero-order valence-corrected chi connectivity index (χ0v) is 38.8. The van der Waals surface area contributed by atoms with E-state index in [1.807, 2.05) is 42.5 Å². The van der Waals surface area contributed by atoms with Crippen molar-refractivity contribution in [2.75, 3.05) is 6.61 Å². The first-order valence-corrected chi connectivity index (χ1v) is 25.3. The fraction of sp³-hybridized carbons (Fsp3) is 0.588. The summed E-state index contributed by atoms with van der Waals surface area (Å²) in [7, 11) is -5.18. The predicted octanol–water partition coefficient (Wildman–Crippen LogP) is 8.72. The van der Waals surface area contributed by atoms with Gasteiger partial charge in [-0.1, -0.05) is 155 Å². The molecule has 6 atom stereocenters. The Morgan fingerprint density at radius 2 is 1.03 bits per heavy atom. The van der Waals surface area contributed by atoms with Crippen LogP contribution < -0.4 is 5.32 Å². The Hall–Kier alpha value is -4.18. The molecule has 65 heavy (non-hydrogen) atoms. The molecule has 4 rings (SSSR count). The normalized spacial score (nSPS) is 19.0. The van der Waals surface area contributed by atoms with Crippen molar-refractivity contribution in [2.45, 2.75) is 184 Å². The first-order chi connectivity index (χ1) is 31.5. The molecule has 1 aliphatic rings. The summed E-state index contributed by atoms with van der Waals surface area (Å²) >= 11 is 0. The number of rotatable bonds is 33. The van der Waals surface area contributed by atoms with Gasteiger partial charge in [-0.15, -0.1) is 0 Å². The fourth-order valence-electron chi connectivity index (χ4n) is 8.33. The maximum Gasteiger partial charge on any atom is 0.397 e. The highest BCUT2D eigenvalue weighted by Gasteiger charge is 2.50. The molecule has 360 valence electrons. The fourth-order valence-corrected chi connectivity index (χ4v) is 8.84. The van der Waals surface area contributed by atoms with Crippen LogP contribution in [0.25, 0.3) is 0 Å². The Morgan fingerprint density at radius 1 is 0.600 bits per heavy atom. The first-order valence-electron chi connectivity index (χ1n) is 23.9. The van der Waals surface area contributed by atoms with E-state index in [9.17, 15) is 37.6 Å². The SMILES string of the molecule is O=C(CC(CCCCCCc1ccccc1)OC(=O)CCCCCCCCc1ccccc1)N[C@H]1C(O)O[C@H](CO)[C@@H](OS(=O)(=O)O)[C@@H]1OC(=O)CCCCCCCCc1ccccc1. The predicted molar refractivity (Wildman–Crippen MR) is 249 cm³/mol. The van der Waals surface area contributed by atoms with Gasteiger partial charge in [0, 0.05) is 12.8 Å². The number of benzene rings is 3. The van der Waals surface area contributed by atoms with Crippen molar-refractivity contribution in [3.8, 4) is 0 Å². The van der Waals surface area contributed by atoms with Gasteiger partial charge >= 0.3 is 22.3 Å². The van der Waals surface area contributed by atoms with Gasteiger partial charge < -0.3 is 29.7 Å². The molecule has 1 aliphatic heterocycles. The third kappa shape index (κ3) is 22.7.